The monoisotopic (exact) mass is 485 g/mol. The number of likely N-dealkylation sites (tertiary alicyclic amines) is 1. The maximum Gasteiger partial charge on any atom is 0.243 e. The first-order valence-corrected chi connectivity index (χ1v) is 13.1. The van der Waals surface area contributed by atoms with Gasteiger partial charge in [-0.15, -0.1) is 0 Å². The van der Waals surface area contributed by atoms with Crippen molar-refractivity contribution in [1.82, 2.24) is 14.5 Å². The van der Waals surface area contributed by atoms with Crippen LogP contribution in [0, 0.1) is 5.92 Å². The fourth-order valence-corrected chi connectivity index (χ4v) is 5.77. The number of Topliss-reactive ketones (excluding diaryl/α,β-unsaturated/α-hetero) is 1. The van der Waals surface area contributed by atoms with Crippen LogP contribution < -0.4 is 5.32 Å². The minimum atomic E-state index is -3.52. The highest BCUT2D eigenvalue weighted by molar-refractivity contribution is 7.89. The van der Waals surface area contributed by atoms with Gasteiger partial charge in [0, 0.05) is 31.1 Å². The molecular weight excluding hydrogens is 454 g/mol. The number of sulfonamides is 1. The number of hydrogen-bond donors (Lipinski definition) is 1. The van der Waals surface area contributed by atoms with Gasteiger partial charge in [-0.1, -0.05) is 42.5 Å². The summed E-state index contributed by atoms with van der Waals surface area (Å²) in [7, 11) is -3.52. The summed E-state index contributed by atoms with van der Waals surface area (Å²) < 4.78 is 32.1. The fourth-order valence-electron chi connectivity index (χ4n) is 4.37. The van der Waals surface area contributed by atoms with Crippen LogP contribution in [0.5, 0.6) is 0 Å². The lowest BCUT2D eigenvalue weighted by molar-refractivity contribution is -0.122. The number of ketones is 1. The largest absolute Gasteiger partial charge is 0.379 e. The zero-order chi connectivity index (χ0) is 24.0. The average Bonchev–Trinajstić information content (AvgIpc) is 2.89. The lowest BCUT2D eigenvalue weighted by atomic mass is 9.89. The van der Waals surface area contributed by atoms with Gasteiger partial charge in [0.2, 0.25) is 15.9 Å². The zero-order valence-corrected chi connectivity index (χ0v) is 20.0. The molecule has 0 bridgehead atoms. The minimum absolute atomic E-state index is 0.00830. The van der Waals surface area contributed by atoms with Crippen LogP contribution in [0.3, 0.4) is 0 Å². The lowest BCUT2D eigenvalue weighted by Crippen LogP contribution is -2.42. The second-order valence-electron chi connectivity index (χ2n) is 8.72. The topological polar surface area (TPSA) is 96.0 Å². The van der Waals surface area contributed by atoms with E-state index in [-0.39, 0.29) is 29.0 Å². The minimum Gasteiger partial charge on any atom is -0.379 e. The van der Waals surface area contributed by atoms with E-state index in [1.807, 2.05) is 30.3 Å². The first-order valence-electron chi connectivity index (χ1n) is 11.7. The molecule has 8 nitrogen and oxygen atoms in total. The van der Waals surface area contributed by atoms with Crippen molar-refractivity contribution in [3.63, 3.8) is 0 Å². The van der Waals surface area contributed by atoms with Crippen LogP contribution in [0.15, 0.2) is 59.5 Å². The van der Waals surface area contributed by atoms with Crippen LogP contribution in [0.2, 0.25) is 0 Å². The summed E-state index contributed by atoms with van der Waals surface area (Å²) in [5.41, 5.74) is 1.59. The second-order valence-corrected chi connectivity index (χ2v) is 10.7. The number of benzene rings is 2. The second kappa shape index (κ2) is 11.2. The van der Waals surface area contributed by atoms with Gasteiger partial charge >= 0.3 is 0 Å². The number of hydrogen-bond acceptors (Lipinski definition) is 6. The molecule has 2 saturated heterocycles. The summed E-state index contributed by atoms with van der Waals surface area (Å²) in [6, 6.07) is 16.0. The smallest absolute Gasteiger partial charge is 0.243 e. The van der Waals surface area contributed by atoms with Gasteiger partial charge in [-0.2, -0.15) is 4.31 Å². The predicted molar refractivity (Wildman–Crippen MR) is 128 cm³/mol. The van der Waals surface area contributed by atoms with Crippen LogP contribution in [-0.2, 0) is 26.1 Å². The molecule has 0 aromatic heterocycles. The number of amides is 1. The number of nitrogens with one attached hydrogen (secondary N) is 1. The van der Waals surface area contributed by atoms with Gasteiger partial charge in [0.05, 0.1) is 24.7 Å². The van der Waals surface area contributed by atoms with Gasteiger partial charge < -0.3 is 10.1 Å². The molecule has 1 amide bonds. The molecule has 2 aromatic carbocycles. The number of morpholine rings is 1. The van der Waals surface area contributed by atoms with E-state index in [0.29, 0.717) is 45.9 Å². The number of piperidine rings is 1. The van der Waals surface area contributed by atoms with Gasteiger partial charge in [0.1, 0.15) is 0 Å². The number of carbonyl (C=O) groups is 2. The van der Waals surface area contributed by atoms with Crippen molar-refractivity contribution in [2.45, 2.75) is 24.3 Å². The molecule has 2 aliphatic heterocycles. The van der Waals surface area contributed by atoms with Gasteiger partial charge in [0.15, 0.2) is 5.78 Å². The maximum absolute atomic E-state index is 12.7. The molecule has 0 spiro atoms. The predicted octanol–water partition coefficient (Wildman–Crippen LogP) is 1.92. The zero-order valence-electron chi connectivity index (χ0n) is 19.2. The summed E-state index contributed by atoms with van der Waals surface area (Å²) >= 11 is 0. The Hall–Kier alpha value is -2.59. The van der Waals surface area contributed by atoms with Crippen LogP contribution in [0.1, 0.15) is 28.8 Å². The van der Waals surface area contributed by atoms with Crippen LogP contribution in [0.25, 0.3) is 0 Å². The molecule has 2 aliphatic rings. The molecule has 0 atom stereocenters. The van der Waals surface area contributed by atoms with E-state index < -0.39 is 10.0 Å². The molecule has 2 heterocycles. The molecule has 2 fully saturated rings. The van der Waals surface area contributed by atoms with Crippen molar-refractivity contribution in [3.8, 4) is 0 Å². The van der Waals surface area contributed by atoms with E-state index in [1.165, 1.54) is 4.31 Å². The van der Waals surface area contributed by atoms with E-state index in [4.69, 9.17) is 4.74 Å². The third kappa shape index (κ3) is 6.09. The molecule has 1 N–H and O–H groups in total. The van der Waals surface area contributed by atoms with E-state index in [9.17, 15) is 18.0 Å². The Bertz CT molecular complexity index is 1080. The number of nitrogens with zero attached hydrogens (tertiary/aromatic N) is 2. The highest BCUT2D eigenvalue weighted by Gasteiger charge is 2.27. The highest BCUT2D eigenvalue weighted by atomic mass is 32.2. The third-order valence-electron chi connectivity index (χ3n) is 6.40. The van der Waals surface area contributed by atoms with Crippen molar-refractivity contribution < 1.29 is 22.7 Å². The summed E-state index contributed by atoms with van der Waals surface area (Å²) in [5.74, 6) is 0.107. The summed E-state index contributed by atoms with van der Waals surface area (Å²) in [6.45, 7) is 3.58. The van der Waals surface area contributed by atoms with Crippen molar-refractivity contribution in [2.24, 2.45) is 5.92 Å². The van der Waals surface area contributed by atoms with E-state index >= 15 is 0 Å². The molecule has 0 saturated carbocycles. The number of ether oxygens (including phenoxy) is 1. The summed E-state index contributed by atoms with van der Waals surface area (Å²) in [5, 5.41) is 2.90. The molecule has 9 heteroatoms. The van der Waals surface area contributed by atoms with Gasteiger partial charge in [-0.3, -0.25) is 14.5 Å². The SMILES string of the molecule is O=C(CN1CCC(C(=O)c2ccccc2)CC1)NCc1ccc(S(=O)(=O)N2CCOCC2)cc1. The Balaban J connectivity index is 1.21. The van der Waals surface area contributed by atoms with Gasteiger partial charge in [-0.05, 0) is 43.6 Å². The average molecular weight is 486 g/mol. The Morgan fingerprint density at radius 1 is 0.912 bits per heavy atom. The molecule has 0 radical (unpaired) electrons. The van der Waals surface area contributed by atoms with Gasteiger partial charge in [-0.25, -0.2) is 8.42 Å². The highest BCUT2D eigenvalue weighted by Crippen LogP contribution is 2.22. The summed E-state index contributed by atoms with van der Waals surface area (Å²) in [4.78, 5) is 27.4. The molecule has 4 rings (SSSR count). The third-order valence-corrected chi connectivity index (χ3v) is 8.32. The standard InChI is InChI=1S/C25H31N3O5S/c29-24(19-27-12-10-22(11-13-27)25(30)21-4-2-1-3-5-21)26-18-20-6-8-23(9-7-20)34(31,32)28-14-16-33-17-15-28/h1-9,22H,10-19H2,(H,26,29). The molecular formula is C25H31N3O5S. The van der Waals surface area contributed by atoms with Crippen molar-refractivity contribution in [3.05, 3.63) is 65.7 Å². The number of carbonyl (C=O) groups excluding carboxylic acids is 2. The maximum atomic E-state index is 12.7. The molecule has 182 valence electrons. The normalized spacial score (nSPS) is 18.5. The van der Waals surface area contributed by atoms with E-state index in [1.54, 1.807) is 24.3 Å². The Kier molecular flexibility index (Phi) is 8.10. The Labute approximate surface area is 200 Å². The molecule has 34 heavy (non-hydrogen) atoms. The summed E-state index contributed by atoms with van der Waals surface area (Å²) in [6.07, 6.45) is 1.50. The van der Waals surface area contributed by atoms with Crippen molar-refractivity contribution in [1.29, 1.82) is 0 Å². The van der Waals surface area contributed by atoms with Crippen molar-refractivity contribution in [2.75, 3.05) is 45.9 Å². The van der Waals surface area contributed by atoms with Gasteiger partial charge in [0.25, 0.3) is 0 Å². The van der Waals surface area contributed by atoms with E-state index in [0.717, 1.165) is 24.0 Å². The first kappa shape index (κ1) is 24.5. The molecule has 2 aromatic rings. The molecule has 0 unspecified atom stereocenters. The Morgan fingerprint density at radius 2 is 1.56 bits per heavy atom. The van der Waals surface area contributed by atoms with Crippen LogP contribution >= 0.6 is 0 Å². The molecule has 0 aliphatic carbocycles. The van der Waals surface area contributed by atoms with Crippen LogP contribution in [0.4, 0.5) is 0 Å². The quantitative estimate of drug-likeness (QED) is 0.574. The first-order chi connectivity index (χ1) is 16.4. The Morgan fingerprint density at radius 3 is 2.21 bits per heavy atom. The number of rotatable bonds is 8. The van der Waals surface area contributed by atoms with E-state index in [2.05, 4.69) is 10.2 Å². The van der Waals surface area contributed by atoms with Crippen LogP contribution in [-0.4, -0.2) is 75.3 Å². The fraction of sp³-hybridized carbons (Fsp3) is 0.440. The lowest BCUT2D eigenvalue weighted by Gasteiger charge is -2.30. The van der Waals surface area contributed by atoms with Crippen molar-refractivity contribution >= 4 is 21.7 Å².